The van der Waals surface area contributed by atoms with E-state index in [0.717, 1.165) is 23.1 Å². The molecule has 0 spiro atoms. The predicted molar refractivity (Wildman–Crippen MR) is 125 cm³/mol. The second kappa shape index (κ2) is 9.52. The Morgan fingerprint density at radius 1 is 0.903 bits per heavy atom. The summed E-state index contributed by atoms with van der Waals surface area (Å²) >= 11 is 1.36. The smallest absolute Gasteiger partial charge is 0.327 e. The van der Waals surface area contributed by atoms with Crippen LogP contribution in [0.2, 0.25) is 0 Å². The van der Waals surface area contributed by atoms with E-state index in [0.29, 0.717) is 12.2 Å². The summed E-state index contributed by atoms with van der Waals surface area (Å²) < 4.78 is 6.10. The van der Waals surface area contributed by atoms with Crippen LogP contribution in [-0.4, -0.2) is 17.0 Å². The van der Waals surface area contributed by atoms with E-state index in [2.05, 4.69) is 18.2 Å². The molecular weight excluding hydrogens is 404 g/mol. The van der Waals surface area contributed by atoms with Crippen LogP contribution in [-0.2, 0) is 32.1 Å². The lowest BCUT2D eigenvalue weighted by Gasteiger charge is -2.39. The van der Waals surface area contributed by atoms with Crippen LogP contribution in [0.1, 0.15) is 35.1 Å². The van der Waals surface area contributed by atoms with E-state index in [-0.39, 0.29) is 12.2 Å². The summed E-state index contributed by atoms with van der Waals surface area (Å²) in [5, 5.41) is -0.769. The van der Waals surface area contributed by atoms with Crippen molar-refractivity contribution < 1.29 is 14.3 Å². The fraction of sp³-hybridized carbons (Fsp3) is 0.259. The zero-order valence-corrected chi connectivity index (χ0v) is 18.4. The first-order valence-corrected chi connectivity index (χ1v) is 11.6. The normalized spacial score (nSPS) is 21.0. The molecule has 0 amide bonds. The Bertz CT molecular complexity index is 1030. The number of hydrogen-bond acceptors (Lipinski definition) is 4. The molecule has 2 unspecified atom stereocenters. The topological polar surface area (TPSA) is 43.4 Å². The highest BCUT2D eigenvalue weighted by atomic mass is 32.2. The van der Waals surface area contributed by atoms with E-state index < -0.39 is 16.8 Å². The van der Waals surface area contributed by atoms with Crippen molar-refractivity contribution in [2.75, 3.05) is 0 Å². The van der Waals surface area contributed by atoms with E-state index in [9.17, 15) is 9.59 Å². The van der Waals surface area contributed by atoms with Crippen molar-refractivity contribution >= 4 is 23.5 Å². The molecule has 3 nitrogen and oxygen atoms in total. The zero-order chi connectivity index (χ0) is 21.7. The van der Waals surface area contributed by atoms with E-state index in [4.69, 9.17) is 4.74 Å². The number of carbonyl (C=O) groups excluding carboxylic acids is 2. The second-order valence-corrected chi connectivity index (χ2v) is 9.18. The van der Waals surface area contributed by atoms with Crippen molar-refractivity contribution in [3.05, 3.63) is 107 Å². The number of rotatable bonds is 7. The van der Waals surface area contributed by atoms with Crippen LogP contribution in [0.15, 0.2) is 84.9 Å². The monoisotopic (exact) mass is 430 g/mol. The van der Waals surface area contributed by atoms with Crippen LogP contribution in [0.4, 0.5) is 0 Å². The molecule has 1 saturated heterocycles. The fourth-order valence-electron chi connectivity index (χ4n) is 4.11. The first-order chi connectivity index (χ1) is 15.1. The number of aryl methyl sites for hydroxylation is 2. The Hall–Kier alpha value is -2.85. The zero-order valence-electron chi connectivity index (χ0n) is 17.6. The van der Waals surface area contributed by atoms with Gasteiger partial charge >= 0.3 is 5.97 Å². The van der Waals surface area contributed by atoms with Gasteiger partial charge in [-0.05, 0) is 36.5 Å². The number of ether oxygens (including phenoxy) is 1. The molecule has 2 atom stereocenters. The molecular formula is C27H26O3S. The molecule has 0 aromatic heterocycles. The van der Waals surface area contributed by atoms with E-state index >= 15 is 0 Å². The van der Waals surface area contributed by atoms with Gasteiger partial charge in [0, 0.05) is 5.75 Å². The molecule has 3 aromatic rings. The number of Topliss-reactive ketones (excluding diaryl/α,β-unsaturated/α-hetero) is 1. The van der Waals surface area contributed by atoms with E-state index in [1.54, 1.807) is 0 Å². The minimum absolute atomic E-state index is 0.0502. The van der Waals surface area contributed by atoms with Crippen LogP contribution in [0.25, 0.3) is 0 Å². The molecule has 0 radical (unpaired) electrons. The molecule has 4 heteroatoms. The largest absolute Gasteiger partial charge is 0.453 e. The maximum Gasteiger partial charge on any atom is 0.327 e. The lowest BCUT2D eigenvalue weighted by Crippen LogP contribution is -2.47. The first kappa shape index (κ1) is 21.4. The maximum absolute atomic E-state index is 13.2. The van der Waals surface area contributed by atoms with Gasteiger partial charge in [-0.15, -0.1) is 11.8 Å². The number of carbonyl (C=O) groups is 2. The highest BCUT2D eigenvalue weighted by molar-refractivity contribution is 8.00. The summed E-state index contributed by atoms with van der Waals surface area (Å²) in [7, 11) is 0. The Kier molecular flexibility index (Phi) is 6.57. The van der Waals surface area contributed by atoms with Crippen LogP contribution in [0.3, 0.4) is 0 Å². The molecule has 1 fully saturated rings. The van der Waals surface area contributed by atoms with E-state index in [1.807, 2.05) is 73.7 Å². The number of esters is 1. The molecule has 31 heavy (non-hydrogen) atoms. The molecule has 0 saturated carbocycles. The van der Waals surface area contributed by atoms with Gasteiger partial charge in [0.2, 0.25) is 0 Å². The van der Waals surface area contributed by atoms with Crippen molar-refractivity contribution in [2.24, 2.45) is 0 Å². The highest BCUT2D eigenvalue weighted by Crippen LogP contribution is 2.41. The van der Waals surface area contributed by atoms with Gasteiger partial charge in [0.1, 0.15) is 5.60 Å². The van der Waals surface area contributed by atoms with Gasteiger partial charge in [0.05, 0.1) is 6.42 Å². The van der Waals surface area contributed by atoms with E-state index in [1.165, 1.54) is 17.3 Å². The molecule has 1 heterocycles. The molecule has 0 bridgehead atoms. The summed E-state index contributed by atoms with van der Waals surface area (Å²) in [5.41, 5.74) is 3.41. The molecule has 1 aliphatic heterocycles. The molecule has 158 valence electrons. The Morgan fingerprint density at radius 2 is 1.58 bits per heavy atom. The minimum atomic E-state index is -0.911. The molecule has 1 aliphatic rings. The third kappa shape index (κ3) is 5.08. The highest BCUT2D eigenvalue weighted by Gasteiger charge is 2.47. The van der Waals surface area contributed by atoms with Gasteiger partial charge in [-0.3, -0.25) is 9.59 Å². The fourth-order valence-corrected chi connectivity index (χ4v) is 5.10. The van der Waals surface area contributed by atoms with Gasteiger partial charge < -0.3 is 4.74 Å². The summed E-state index contributed by atoms with van der Waals surface area (Å²) in [4.78, 5) is 26.2. The van der Waals surface area contributed by atoms with Gasteiger partial charge in [0.15, 0.2) is 11.0 Å². The van der Waals surface area contributed by atoms with Crippen molar-refractivity contribution in [3.63, 3.8) is 0 Å². The summed E-state index contributed by atoms with van der Waals surface area (Å²) in [5.74, 6) is 0.131. The average molecular weight is 431 g/mol. The standard InChI is InChI=1S/C27H26O3S/c1-20-9-8-12-22(17-20)19-31-25-24(28)18-27(30-26(25)29,23-13-6-3-7-14-23)16-15-21-10-4-2-5-11-21/h2-14,17,25H,15-16,18-19H2,1H3. The SMILES string of the molecule is Cc1cccc(CSC2C(=O)CC(CCc3ccccc3)(c3ccccc3)OC2=O)c1. The van der Waals surface area contributed by atoms with Crippen molar-refractivity contribution in [3.8, 4) is 0 Å². The van der Waals surface area contributed by atoms with Crippen molar-refractivity contribution in [1.82, 2.24) is 0 Å². The predicted octanol–water partition coefficient (Wildman–Crippen LogP) is 5.64. The van der Waals surface area contributed by atoms with Crippen LogP contribution >= 0.6 is 11.8 Å². The molecule has 3 aromatic carbocycles. The summed E-state index contributed by atoms with van der Waals surface area (Å²) in [6.07, 6.45) is 1.52. The van der Waals surface area contributed by atoms with Gasteiger partial charge in [-0.2, -0.15) is 0 Å². The minimum Gasteiger partial charge on any atom is -0.453 e. The number of hydrogen-bond donors (Lipinski definition) is 0. The second-order valence-electron chi connectivity index (χ2n) is 8.09. The first-order valence-electron chi connectivity index (χ1n) is 10.6. The maximum atomic E-state index is 13.2. The number of ketones is 1. The molecule has 0 aliphatic carbocycles. The summed E-state index contributed by atoms with van der Waals surface area (Å²) in [6, 6.07) is 27.9. The number of cyclic esters (lactones) is 1. The quantitative estimate of drug-likeness (QED) is 0.359. The van der Waals surface area contributed by atoms with Crippen LogP contribution in [0.5, 0.6) is 0 Å². The Morgan fingerprint density at radius 3 is 2.26 bits per heavy atom. The number of benzene rings is 3. The molecule has 4 rings (SSSR count). The third-order valence-electron chi connectivity index (χ3n) is 5.72. The van der Waals surface area contributed by atoms with Crippen LogP contribution < -0.4 is 0 Å². The molecule has 0 N–H and O–H groups in total. The van der Waals surface area contributed by atoms with Crippen LogP contribution in [0, 0.1) is 6.92 Å². The van der Waals surface area contributed by atoms with Crippen molar-refractivity contribution in [1.29, 1.82) is 0 Å². The lowest BCUT2D eigenvalue weighted by atomic mass is 9.81. The lowest BCUT2D eigenvalue weighted by molar-refractivity contribution is -0.171. The van der Waals surface area contributed by atoms with Crippen molar-refractivity contribution in [2.45, 2.75) is 42.8 Å². The van der Waals surface area contributed by atoms with Gasteiger partial charge in [-0.25, -0.2) is 0 Å². The average Bonchev–Trinajstić information content (AvgIpc) is 2.78. The number of thioether (sulfide) groups is 1. The van der Waals surface area contributed by atoms with Gasteiger partial charge in [0.25, 0.3) is 0 Å². The Labute approximate surface area is 187 Å². The summed E-state index contributed by atoms with van der Waals surface area (Å²) in [6.45, 7) is 2.04. The van der Waals surface area contributed by atoms with Gasteiger partial charge in [-0.1, -0.05) is 90.5 Å². The third-order valence-corrected chi connectivity index (χ3v) is 7.01. The Balaban J connectivity index is 1.52.